The molecule has 0 fully saturated rings. The number of nitrogens with zero attached hydrogens (tertiary/aromatic N) is 1. The lowest BCUT2D eigenvalue weighted by Crippen LogP contribution is -2.22. The summed E-state index contributed by atoms with van der Waals surface area (Å²) in [6.07, 6.45) is 1.90. The maximum atomic E-state index is 5.89. The number of aliphatic imine (C=N–C) groups is 1. The van der Waals surface area contributed by atoms with Gasteiger partial charge in [-0.1, -0.05) is 29.8 Å². The molecule has 0 saturated heterocycles. The van der Waals surface area contributed by atoms with Crippen molar-refractivity contribution in [2.45, 2.75) is 19.8 Å². The monoisotopic (exact) mass is 297 g/mol. The molecule has 4 nitrogen and oxygen atoms in total. The zero-order chi connectivity index (χ0) is 15.8. The maximum absolute atomic E-state index is 5.89. The lowest BCUT2D eigenvalue weighted by Gasteiger charge is -2.06. The molecule has 4 heteroatoms. The lowest BCUT2D eigenvalue weighted by atomic mass is 10.1. The van der Waals surface area contributed by atoms with Crippen molar-refractivity contribution in [2.24, 2.45) is 10.7 Å². The number of rotatable bonds is 6. The molecule has 0 unspecified atom stereocenters. The summed E-state index contributed by atoms with van der Waals surface area (Å²) in [7, 11) is 1.68. The standard InChI is InChI=1S/C18H23N3O/c1-14-8-10-16(11-9-14)21-18(19)20-12-4-6-15-5-3-7-17(13-15)22-2/h3,5,7-11,13H,4,6,12H2,1-2H3,(H3,19,20,21). The Hall–Kier alpha value is -2.49. The van der Waals surface area contributed by atoms with Gasteiger partial charge in [0.1, 0.15) is 5.75 Å². The molecule has 2 aromatic carbocycles. The van der Waals surface area contributed by atoms with Crippen LogP contribution in [-0.2, 0) is 6.42 Å². The van der Waals surface area contributed by atoms with Crippen molar-refractivity contribution in [1.82, 2.24) is 0 Å². The van der Waals surface area contributed by atoms with E-state index in [4.69, 9.17) is 10.5 Å². The van der Waals surface area contributed by atoms with E-state index < -0.39 is 0 Å². The molecule has 0 atom stereocenters. The van der Waals surface area contributed by atoms with Crippen molar-refractivity contribution < 1.29 is 4.74 Å². The number of hydrogen-bond donors (Lipinski definition) is 2. The summed E-state index contributed by atoms with van der Waals surface area (Å²) in [6, 6.07) is 16.2. The number of nitrogens with one attached hydrogen (secondary N) is 1. The second-order valence-corrected chi connectivity index (χ2v) is 5.21. The number of hydrogen-bond acceptors (Lipinski definition) is 2. The quantitative estimate of drug-likeness (QED) is 0.488. The van der Waals surface area contributed by atoms with Crippen LogP contribution in [0.1, 0.15) is 17.5 Å². The van der Waals surface area contributed by atoms with Gasteiger partial charge in [0, 0.05) is 12.2 Å². The summed E-state index contributed by atoms with van der Waals surface area (Å²) >= 11 is 0. The van der Waals surface area contributed by atoms with Gasteiger partial charge in [-0.05, 0) is 49.6 Å². The second-order valence-electron chi connectivity index (χ2n) is 5.21. The van der Waals surface area contributed by atoms with Crippen LogP contribution in [0.15, 0.2) is 53.5 Å². The van der Waals surface area contributed by atoms with E-state index in [9.17, 15) is 0 Å². The van der Waals surface area contributed by atoms with Gasteiger partial charge in [-0.15, -0.1) is 0 Å². The number of guanidine groups is 1. The van der Waals surface area contributed by atoms with E-state index in [1.165, 1.54) is 11.1 Å². The summed E-state index contributed by atoms with van der Waals surface area (Å²) in [6.45, 7) is 2.75. The SMILES string of the molecule is COc1cccc(CCCN=C(N)Nc2ccc(C)cc2)c1. The zero-order valence-electron chi connectivity index (χ0n) is 13.2. The molecule has 0 radical (unpaired) electrons. The van der Waals surface area contributed by atoms with Gasteiger partial charge in [0.15, 0.2) is 5.96 Å². The van der Waals surface area contributed by atoms with Crippen LogP contribution in [0.25, 0.3) is 0 Å². The first-order chi connectivity index (χ1) is 10.7. The minimum Gasteiger partial charge on any atom is -0.497 e. The van der Waals surface area contributed by atoms with E-state index in [2.05, 4.69) is 29.4 Å². The number of benzene rings is 2. The molecule has 22 heavy (non-hydrogen) atoms. The summed E-state index contributed by atoms with van der Waals surface area (Å²) in [5.74, 6) is 1.34. The summed E-state index contributed by atoms with van der Waals surface area (Å²) in [5.41, 5.74) is 9.32. The van der Waals surface area contributed by atoms with Crippen molar-refractivity contribution in [3.05, 3.63) is 59.7 Å². The highest BCUT2D eigenvalue weighted by Crippen LogP contribution is 2.14. The normalized spacial score (nSPS) is 11.3. The second kappa shape index (κ2) is 8.08. The molecule has 0 aromatic heterocycles. The van der Waals surface area contributed by atoms with Crippen LogP contribution < -0.4 is 15.8 Å². The fourth-order valence-corrected chi connectivity index (χ4v) is 2.13. The van der Waals surface area contributed by atoms with Crippen LogP contribution in [0.5, 0.6) is 5.75 Å². The number of anilines is 1. The Labute approximate surface area is 132 Å². The third-order valence-electron chi connectivity index (χ3n) is 3.36. The van der Waals surface area contributed by atoms with Crippen LogP contribution in [0.2, 0.25) is 0 Å². The van der Waals surface area contributed by atoms with Crippen LogP contribution in [0.4, 0.5) is 5.69 Å². The number of nitrogens with two attached hydrogens (primary N) is 1. The average Bonchev–Trinajstić information content (AvgIpc) is 2.54. The van der Waals surface area contributed by atoms with Crippen molar-refractivity contribution in [2.75, 3.05) is 19.0 Å². The van der Waals surface area contributed by atoms with Gasteiger partial charge < -0.3 is 15.8 Å². The van der Waals surface area contributed by atoms with Crippen molar-refractivity contribution in [3.8, 4) is 5.75 Å². The predicted molar refractivity (Wildman–Crippen MR) is 92.6 cm³/mol. The van der Waals surface area contributed by atoms with E-state index in [1.54, 1.807) is 7.11 Å². The van der Waals surface area contributed by atoms with Gasteiger partial charge in [0.25, 0.3) is 0 Å². The molecule has 2 rings (SSSR count). The Morgan fingerprint density at radius 3 is 2.68 bits per heavy atom. The fourth-order valence-electron chi connectivity index (χ4n) is 2.13. The Morgan fingerprint density at radius 1 is 1.18 bits per heavy atom. The number of methoxy groups -OCH3 is 1. The largest absolute Gasteiger partial charge is 0.497 e. The summed E-state index contributed by atoms with van der Waals surface area (Å²) in [4.78, 5) is 4.35. The molecule has 0 heterocycles. The number of aryl methyl sites for hydroxylation is 2. The molecule has 0 amide bonds. The van der Waals surface area contributed by atoms with E-state index >= 15 is 0 Å². The number of ether oxygens (including phenoxy) is 1. The summed E-state index contributed by atoms with van der Waals surface area (Å²) < 4.78 is 5.22. The molecule has 2 aromatic rings. The third-order valence-corrected chi connectivity index (χ3v) is 3.36. The Kier molecular flexibility index (Phi) is 5.83. The third kappa shape index (κ3) is 5.13. The molecular weight excluding hydrogens is 274 g/mol. The molecule has 3 N–H and O–H groups in total. The highest BCUT2D eigenvalue weighted by molar-refractivity contribution is 5.92. The van der Waals surface area contributed by atoms with E-state index in [1.807, 2.05) is 36.4 Å². The smallest absolute Gasteiger partial charge is 0.193 e. The van der Waals surface area contributed by atoms with E-state index in [0.29, 0.717) is 12.5 Å². The summed E-state index contributed by atoms with van der Waals surface area (Å²) in [5, 5.41) is 3.09. The van der Waals surface area contributed by atoms with Gasteiger partial charge >= 0.3 is 0 Å². The minimum atomic E-state index is 0.453. The molecule has 0 saturated carbocycles. The zero-order valence-corrected chi connectivity index (χ0v) is 13.2. The minimum absolute atomic E-state index is 0.453. The molecule has 0 aliphatic heterocycles. The Morgan fingerprint density at radius 2 is 1.95 bits per heavy atom. The van der Waals surface area contributed by atoms with Crippen molar-refractivity contribution >= 4 is 11.6 Å². The van der Waals surface area contributed by atoms with E-state index in [0.717, 1.165) is 24.3 Å². The van der Waals surface area contributed by atoms with Crippen LogP contribution in [-0.4, -0.2) is 19.6 Å². The first kappa shape index (κ1) is 15.9. The highest BCUT2D eigenvalue weighted by Gasteiger charge is 1.97. The van der Waals surface area contributed by atoms with Crippen LogP contribution >= 0.6 is 0 Å². The molecule has 116 valence electrons. The maximum Gasteiger partial charge on any atom is 0.193 e. The average molecular weight is 297 g/mol. The molecule has 0 aliphatic carbocycles. The predicted octanol–water partition coefficient (Wildman–Crippen LogP) is 3.36. The van der Waals surface area contributed by atoms with Gasteiger partial charge in [-0.25, -0.2) is 0 Å². The van der Waals surface area contributed by atoms with E-state index in [-0.39, 0.29) is 0 Å². The first-order valence-corrected chi connectivity index (χ1v) is 7.44. The van der Waals surface area contributed by atoms with Gasteiger partial charge in [0.05, 0.1) is 7.11 Å². The van der Waals surface area contributed by atoms with Crippen molar-refractivity contribution in [3.63, 3.8) is 0 Å². The van der Waals surface area contributed by atoms with Gasteiger partial charge in [0.2, 0.25) is 0 Å². The Balaban J connectivity index is 1.77. The lowest BCUT2D eigenvalue weighted by molar-refractivity contribution is 0.414. The highest BCUT2D eigenvalue weighted by atomic mass is 16.5. The van der Waals surface area contributed by atoms with Crippen LogP contribution in [0, 0.1) is 6.92 Å². The van der Waals surface area contributed by atoms with Crippen molar-refractivity contribution in [1.29, 1.82) is 0 Å². The molecule has 0 bridgehead atoms. The molecular formula is C18H23N3O. The first-order valence-electron chi connectivity index (χ1n) is 7.44. The topological polar surface area (TPSA) is 59.6 Å². The molecule has 0 aliphatic rings. The van der Waals surface area contributed by atoms with Crippen LogP contribution in [0.3, 0.4) is 0 Å². The molecule has 0 spiro atoms. The fraction of sp³-hybridized carbons (Fsp3) is 0.278. The van der Waals surface area contributed by atoms with Gasteiger partial charge in [-0.3, -0.25) is 4.99 Å². The Bertz CT molecular complexity index is 620. The van der Waals surface area contributed by atoms with Gasteiger partial charge in [-0.2, -0.15) is 0 Å².